The summed E-state index contributed by atoms with van der Waals surface area (Å²) in [7, 11) is 0. The fraction of sp³-hybridized carbons (Fsp3) is 0.227. The second kappa shape index (κ2) is 8.68. The van der Waals surface area contributed by atoms with Gasteiger partial charge in [0.2, 0.25) is 5.95 Å². The molecule has 4 rings (SSSR count). The molecule has 1 aromatic heterocycles. The van der Waals surface area contributed by atoms with Crippen LogP contribution >= 0.6 is 0 Å². The molecule has 0 unspecified atom stereocenters. The maximum atomic E-state index is 14.0. The highest BCUT2D eigenvalue weighted by Gasteiger charge is 2.17. The van der Waals surface area contributed by atoms with E-state index in [-0.39, 0.29) is 17.8 Å². The molecule has 1 saturated carbocycles. The first-order valence-electron chi connectivity index (χ1n) is 9.70. The number of carbonyl (C=O) groups is 1. The number of benzene rings is 2. The first kappa shape index (κ1) is 18.9. The third-order valence-corrected chi connectivity index (χ3v) is 4.88. The van der Waals surface area contributed by atoms with Crippen LogP contribution in [-0.2, 0) is 0 Å². The summed E-state index contributed by atoms with van der Waals surface area (Å²) in [5, 5.41) is 9.08. The molecule has 0 saturated heterocycles. The number of hydrogen-bond donors (Lipinski definition) is 3. The number of anilines is 4. The summed E-state index contributed by atoms with van der Waals surface area (Å²) in [6.07, 6.45) is 5.54. The Morgan fingerprint density at radius 1 is 0.966 bits per heavy atom. The van der Waals surface area contributed by atoms with Gasteiger partial charge in [-0.1, -0.05) is 31.0 Å². The third-order valence-electron chi connectivity index (χ3n) is 4.88. The van der Waals surface area contributed by atoms with Gasteiger partial charge in [0.25, 0.3) is 5.91 Å². The Bertz CT molecular complexity index is 972. The van der Waals surface area contributed by atoms with E-state index in [1.54, 1.807) is 36.4 Å². The second-order valence-corrected chi connectivity index (χ2v) is 7.04. The number of aromatic nitrogens is 2. The van der Waals surface area contributed by atoms with E-state index in [4.69, 9.17) is 0 Å². The quantitative estimate of drug-likeness (QED) is 0.553. The molecule has 0 aliphatic heterocycles. The average molecular weight is 391 g/mol. The Balaban J connectivity index is 1.40. The van der Waals surface area contributed by atoms with Crippen molar-refractivity contribution in [1.29, 1.82) is 0 Å². The van der Waals surface area contributed by atoms with Crippen molar-refractivity contribution in [3.63, 3.8) is 0 Å². The van der Waals surface area contributed by atoms with Gasteiger partial charge in [0.15, 0.2) is 11.6 Å². The van der Waals surface area contributed by atoms with Crippen LogP contribution in [-0.4, -0.2) is 21.9 Å². The highest BCUT2D eigenvalue weighted by molar-refractivity contribution is 6.04. The smallest absolute Gasteiger partial charge is 0.255 e. The van der Waals surface area contributed by atoms with Crippen LogP contribution in [0.5, 0.6) is 0 Å². The zero-order valence-electron chi connectivity index (χ0n) is 15.9. The van der Waals surface area contributed by atoms with Crippen LogP contribution in [0.2, 0.25) is 0 Å². The first-order chi connectivity index (χ1) is 14.2. The van der Waals surface area contributed by atoms with E-state index in [9.17, 15) is 9.18 Å². The number of amides is 1. The molecule has 0 spiro atoms. The van der Waals surface area contributed by atoms with E-state index < -0.39 is 5.82 Å². The molecule has 29 heavy (non-hydrogen) atoms. The van der Waals surface area contributed by atoms with Crippen molar-refractivity contribution in [2.75, 3.05) is 16.0 Å². The number of halogens is 1. The molecule has 1 aliphatic rings. The van der Waals surface area contributed by atoms with E-state index in [1.165, 1.54) is 6.20 Å². The topological polar surface area (TPSA) is 78.9 Å². The molecule has 1 amide bonds. The maximum Gasteiger partial charge on any atom is 0.255 e. The van der Waals surface area contributed by atoms with Gasteiger partial charge >= 0.3 is 0 Å². The van der Waals surface area contributed by atoms with Gasteiger partial charge in [-0.25, -0.2) is 9.37 Å². The summed E-state index contributed by atoms with van der Waals surface area (Å²) in [5.41, 5.74) is 2.01. The summed E-state index contributed by atoms with van der Waals surface area (Å²) in [4.78, 5) is 20.5. The van der Waals surface area contributed by atoms with Crippen molar-refractivity contribution in [3.8, 4) is 0 Å². The molecule has 2 aromatic carbocycles. The van der Waals surface area contributed by atoms with Crippen molar-refractivity contribution >= 4 is 29.0 Å². The summed E-state index contributed by atoms with van der Waals surface area (Å²) >= 11 is 0. The van der Waals surface area contributed by atoms with Gasteiger partial charge < -0.3 is 16.0 Å². The van der Waals surface area contributed by atoms with E-state index in [0.717, 1.165) is 31.4 Å². The lowest BCUT2D eigenvalue weighted by Crippen LogP contribution is -2.17. The molecule has 3 N–H and O–H groups in total. The van der Waals surface area contributed by atoms with Crippen LogP contribution in [0.1, 0.15) is 36.0 Å². The molecule has 3 aromatic rings. The Morgan fingerprint density at radius 2 is 1.66 bits per heavy atom. The minimum absolute atomic E-state index is 0.171. The number of hydrogen-bond acceptors (Lipinski definition) is 5. The highest BCUT2D eigenvalue weighted by Crippen LogP contribution is 2.24. The van der Waals surface area contributed by atoms with Crippen LogP contribution in [0.25, 0.3) is 0 Å². The zero-order chi connectivity index (χ0) is 20.1. The van der Waals surface area contributed by atoms with Gasteiger partial charge in [-0.15, -0.1) is 0 Å². The summed E-state index contributed by atoms with van der Waals surface area (Å²) in [6.45, 7) is 0. The van der Waals surface area contributed by atoms with Crippen LogP contribution in [0, 0.1) is 5.82 Å². The Morgan fingerprint density at radius 3 is 2.38 bits per heavy atom. The molecule has 1 fully saturated rings. The van der Waals surface area contributed by atoms with Crippen molar-refractivity contribution in [3.05, 3.63) is 72.2 Å². The van der Waals surface area contributed by atoms with Gasteiger partial charge in [-0.05, 0) is 49.2 Å². The Labute approximate surface area is 168 Å². The molecule has 0 radical (unpaired) electrons. The number of carbonyl (C=O) groups excluding carboxylic acids is 1. The second-order valence-electron chi connectivity index (χ2n) is 7.04. The molecule has 1 heterocycles. The van der Waals surface area contributed by atoms with E-state index in [1.807, 2.05) is 18.2 Å². The summed E-state index contributed by atoms with van der Waals surface area (Å²) in [5.74, 6) is -0.0914. The minimum Gasteiger partial charge on any atom is -0.365 e. The third kappa shape index (κ3) is 4.87. The van der Waals surface area contributed by atoms with Gasteiger partial charge in [-0.3, -0.25) is 4.79 Å². The first-order valence-corrected chi connectivity index (χ1v) is 9.70. The number of rotatable bonds is 6. The SMILES string of the molecule is O=C(Nc1ccc(Nc2ncc(F)c(NC3CCCC3)n2)cc1)c1ccccc1. The van der Waals surface area contributed by atoms with Gasteiger partial charge in [0, 0.05) is 23.0 Å². The molecule has 0 bridgehead atoms. The molecular weight excluding hydrogens is 369 g/mol. The van der Waals surface area contributed by atoms with Crippen LogP contribution in [0.4, 0.5) is 27.5 Å². The van der Waals surface area contributed by atoms with Gasteiger partial charge in [0.1, 0.15) is 0 Å². The predicted octanol–water partition coefficient (Wildman–Crippen LogP) is 4.97. The van der Waals surface area contributed by atoms with Crippen LogP contribution < -0.4 is 16.0 Å². The molecule has 0 atom stereocenters. The Hall–Kier alpha value is -3.48. The minimum atomic E-state index is -0.457. The number of nitrogens with one attached hydrogen (secondary N) is 3. The molecule has 7 heteroatoms. The molecule has 1 aliphatic carbocycles. The maximum absolute atomic E-state index is 14.0. The monoisotopic (exact) mass is 391 g/mol. The fourth-order valence-electron chi connectivity index (χ4n) is 3.35. The largest absolute Gasteiger partial charge is 0.365 e. The van der Waals surface area contributed by atoms with Crippen molar-refractivity contribution < 1.29 is 9.18 Å². The molecule has 148 valence electrons. The predicted molar refractivity (Wildman–Crippen MR) is 112 cm³/mol. The average Bonchev–Trinajstić information content (AvgIpc) is 3.26. The highest BCUT2D eigenvalue weighted by atomic mass is 19.1. The van der Waals surface area contributed by atoms with Gasteiger partial charge in [-0.2, -0.15) is 4.98 Å². The van der Waals surface area contributed by atoms with E-state index >= 15 is 0 Å². The number of nitrogens with zero attached hydrogens (tertiary/aromatic N) is 2. The lowest BCUT2D eigenvalue weighted by Gasteiger charge is -2.14. The van der Waals surface area contributed by atoms with E-state index in [2.05, 4.69) is 25.9 Å². The summed E-state index contributed by atoms with van der Waals surface area (Å²) < 4.78 is 14.0. The van der Waals surface area contributed by atoms with Crippen molar-refractivity contribution in [2.45, 2.75) is 31.7 Å². The normalized spacial score (nSPS) is 13.8. The molecule has 6 nitrogen and oxygen atoms in total. The fourth-order valence-corrected chi connectivity index (χ4v) is 3.35. The molecular formula is C22H22FN5O. The lowest BCUT2D eigenvalue weighted by molar-refractivity contribution is 0.102. The zero-order valence-corrected chi connectivity index (χ0v) is 15.9. The summed E-state index contributed by atoms with van der Waals surface area (Å²) in [6, 6.07) is 16.5. The lowest BCUT2D eigenvalue weighted by atomic mass is 10.2. The van der Waals surface area contributed by atoms with Crippen LogP contribution in [0.15, 0.2) is 60.8 Å². The van der Waals surface area contributed by atoms with Crippen molar-refractivity contribution in [1.82, 2.24) is 9.97 Å². The standard InChI is InChI=1S/C22H22FN5O/c23-19-14-24-22(28-20(19)25-16-8-4-5-9-16)27-18-12-10-17(11-13-18)26-21(29)15-6-2-1-3-7-15/h1-3,6-7,10-14,16H,4-5,8-9H2,(H,26,29)(H2,24,25,27,28). The van der Waals surface area contributed by atoms with Crippen LogP contribution in [0.3, 0.4) is 0 Å². The Kier molecular flexibility index (Phi) is 5.65. The van der Waals surface area contributed by atoms with Gasteiger partial charge in [0.05, 0.1) is 6.20 Å². The van der Waals surface area contributed by atoms with Crippen molar-refractivity contribution in [2.24, 2.45) is 0 Å². The van der Waals surface area contributed by atoms with E-state index in [0.29, 0.717) is 17.2 Å².